The predicted molar refractivity (Wildman–Crippen MR) is 124 cm³/mol. The van der Waals surface area contributed by atoms with Crippen LogP contribution in [0.25, 0.3) is 0 Å². The average molecular weight is 423 g/mol. The van der Waals surface area contributed by atoms with E-state index < -0.39 is 0 Å². The molecule has 6 nitrogen and oxygen atoms in total. The van der Waals surface area contributed by atoms with E-state index in [9.17, 15) is 9.90 Å². The fourth-order valence-electron chi connectivity index (χ4n) is 4.77. The van der Waals surface area contributed by atoms with Gasteiger partial charge in [-0.15, -0.1) is 0 Å². The largest absolute Gasteiger partial charge is 0.396 e. The number of hydrogen-bond donors (Lipinski definition) is 1. The molecule has 1 amide bonds. The van der Waals surface area contributed by atoms with Gasteiger partial charge in [0.05, 0.1) is 0 Å². The van der Waals surface area contributed by atoms with Gasteiger partial charge in [0.2, 0.25) is 5.91 Å². The normalized spacial score (nSPS) is 22.3. The molecule has 31 heavy (non-hydrogen) atoms. The van der Waals surface area contributed by atoms with Crippen LogP contribution in [-0.4, -0.2) is 66.8 Å². The van der Waals surface area contributed by atoms with Crippen LogP contribution in [-0.2, 0) is 4.79 Å². The molecule has 0 bridgehead atoms. The van der Waals surface area contributed by atoms with Gasteiger partial charge in [-0.1, -0.05) is 24.3 Å². The number of benzene rings is 1. The van der Waals surface area contributed by atoms with E-state index in [2.05, 4.69) is 45.1 Å². The fourth-order valence-corrected chi connectivity index (χ4v) is 4.77. The minimum absolute atomic E-state index is 0.0414. The summed E-state index contributed by atoms with van der Waals surface area (Å²) in [6.07, 6.45) is 5.36. The van der Waals surface area contributed by atoms with Crippen molar-refractivity contribution >= 4 is 17.4 Å². The van der Waals surface area contributed by atoms with Crippen molar-refractivity contribution in [1.82, 2.24) is 9.88 Å². The zero-order chi connectivity index (χ0) is 21.5. The number of nitrogens with zero attached hydrogens (tertiary/aromatic N) is 4. The summed E-state index contributed by atoms with van der Waals surface area (Å²) >= 11 is 0. The summed E-state index contributed by atoms with van der Waals surface area (Å²) in [5.41, 5.74) is 1.28. The molecule has 6 heteroatoms. The van der Waals surface area contributed by atoms with Gasteiger partial charge in [0.1, 0.15) is 5.82 Å². The molecule has 1 saturated heterocycles. The van der Waals surface area contributed by atoms with Crippen molar-refractivity contribution in [3.63, 3.8) is 0 Å². The molecule has 1 aromatic heterocycles. The number of piperazine rings is 1. The topological polar surface area (TPSA) is 59.9 Å². The van der Waals surface area contributed by atoms with E-state index in [0.29, 0.717) is 12.5 Å². The molecule has 0 spiro atoms. The Kier molecular flexibility index (Phi) is 7.54. The first-order chi connectivity index (χ1) is 15.2. The summed E-state index contributed by atoms with van der Waals surface area (Å²) in [6.45, 7) is 5.78. The molecule has 1 N–H and O–H groups in total. The van der Waals surface area contributed by atoms with Gasteiger partial charge in [0.25, 0.3) is 0 Å². The maximum absolute atomic E-state index is 13.4. The standard InChI is InChI=1S/C25H34N4O2/c30-20-21-9-11-22(12-10-21)25(31)29(24-8-4-5-13-26-24)19-16-27-14-17-28(18-15-27)23-6-2-1-3-7-23/h1-8,13,21-22,30H,9-12,14-20H2/t21-,22-. The smallest absolute Gasteiger partial charge is 0.231 e. The zero-order valence-electron chi connectivity index (χ0n) is 18.3. The van der Waals surface area contributed by atoms with Crippen molar-refractivity contribution < 1.29 is 9.90 Å². The Bertz CT molecular complexity index is 801. The van der Waals surface area contributed by atoms with E-state index in [1.165, 1.54) is 5.69 Å². The molecule has 2 aliphatic rings. The van der Waals surface area contributed by atoms with Gasteiger partial charge < -0.3 is 10.0 Å². The number of rotatable bonds is 7. The summed E-state index contributed by atoms with van der Waals surface area (Å²) < 4.78 is 0. The highest BCUT2D eigenvalue weighted by atomic mass is 16.3. The molecule has 1 aliphatic heterocycles. The van der Waals surface area contributed by atoms with Crippen molar-refractivity contribution in [2.24, 2.45) is 11.8 Å². The minimum Gasteiger partial charge on any atom is -0.396 e. The molecule has 0 atom stereocenters. The third-order valence-electron chi connectivity index (χ3n) is 6.78. The highest BCUT2D eigenvalue weighted by Crippen LogP contribution is 2.30. The fraction of sp³-hybridized carbons (Fsp3) is 0.520. The van der Waals surface area contributed by atoms with Crippen LogP contribution in [0.2, 0.25) is 0 Å². The second kappa shape index (κ2) is 10.7. The van der Waals surface area contributed by atoms with Crippen molar-refractivity contribution in [3.05, 3.63) is 54.7 Å². The summed E-state index contributed by atoms with van der Waals surface area (Å²) in [4.78, 5) is 24.7. The molecule has 1 aromatic carbocycles. The van der Waals surface area contributed by atoms with Crippen LogP contribution < -0.4 is 9.80 Å². The van der Waals surface area contributed by atoms with Gasteiger partial charge in [0, 0.05) is 63.7 Å². The minimum atomic E-state index is 0.0414. The molecule has 2 heterocycles. The van der Waals surface area contributed by atoms with Gasteiger partial charge in [-0.2, -0.15) is 0 Å². The van der Waals surface area contributed by atoms with Gasteiger partial charge >= 0.3 is 0 Å². The second-order valence-corrected chi connectivity index (χ2v) is 8.74. The molecule has 0 radical (unpaired) electrons. The van der Waals surface area contributed by atoms with Gasteiger partial charge in [-0.05, 0) is 55.9 Å². The average Bonchev–Trinajstić information content (AvgIpc) is 2.85. The number of pyridine rings is 1. The van der Waals surface area contributed by atoms with Crippen LogP contribution in [0.1, 0.15) is 25.7 Å². The quantitative estimate of drug-likeness (QED) is 0.743. The van der Waals surface area contributed by atoms with E-state index in [4.69, 9.17) is 0 Å². The third-order valence-corrected chi connectivity index (χ3v) is 6.78. The Morgan fingerprint density at radius 2 is 1.68 bits per heavy atom. The first kappa shape index (κ1) is 21.8. The molecular weight excluding hydrogens is 388 g/mol. The van der Waals surface area contributed by atoms with Gasteiger partial charge in [-0.25, -0.2) is 4.98 Å². The summed E-state index contributed by atoms with van der Waals surface area (Å²) in [5, 5.41) is 9.41. The van der Waals surface area contributed by atoms with Crippen molar-refractivity contribution in [2.75, 3.05) is 55.7 Å². The number of aliphatic hydroxyl groups excluding tert-OH is 1. The number of carbonyl (C=O) groups excluding carboxylic acids is 1. The van der Waals surface area contributed by atoms with Gasteiger partial charge in [-0.3, -0.25) is 14.6 Å². The maximum atomic E-state index is 13.4. The lowest BCUT2D eigenvalue weighted by molar-refractivity contribution is -0.123. The van der Waals surface area contributed by atoms with Crippen LogP contribution in [0.5, 0.6) is 0 Å². The summed E-state index contributed by atoms with van der Waals surface area (Å²) in [6, 6.07) is 16.3. The highest BCUT2D eigenvalue weighted by molar-refractivity contribution is 5.94. The first-order valence-electron chi connectivity index (χ1n) is 11.6. The number of para-hydroxylation sites is 1. The number of anilines is 2. The van der Waals surface area contributed by atoms with Crippen molar-refractivity contribution in [3.8, 4) is 0 Å². The molecule has 1 saturated carbocycles. The first-order valence-corrected chi connectivity index (χ1v) is 11.6. The molecule has 2 aromatic rings. The van der Waals surface area contributed by atoms with E-state index >= 15 is 0 Å². The van der Waals surface area contributed by atoms with Crippen molar-refractivity contribution in [2.45, 2.75) is 25.7 Å². The lowest BCUT2D eigenvalue weighted by atomic mass is 9.81. The molecule has 1 aliphatic carbocycles. The zero-order valence-corrected chi connectivity index (χ0v) is 18.3. The molecule has 166 valence electrons. The Morgan fingerprint density at radius 1 is 0.968 bits per heavy atom. The Balaban J connectivity index is 1.34. The van der Waals surface area contributed by atoms with E-state index in [0.717, 1.165) is 64.2 Å². The van der Waals surface area contributed by atoms with Crippen LogP contribution in [0.15, 0.2) is 54.7 Å². The SMILES string of the molecule is O=C([C@H]1CC[C@H](CO)CC1)N(CCN1CCN(c2ccccc2)CC1)c1ccccn1. The maximum Gasteiger partial charge on any atom is 0.231 e. The highest BCUT2D eigenvalue weighted by Gasteiger charge is 2.30. The van der Waals surface area contributed by atoms with Crippen LogP contribution in [0.4, 0.5) is 11.5 Å². The van der Waals surface area contributed by atoms with Crippen LogP contribution in [0, 0.1) is 11.8 Å². The molecule has 0 unspecified atom stereocenters. The van der Waals surface area contributed by atoms with Crippen LogP contribution in [0.3, 0.4) is 0 Å². The Morgan fingerprint density at radius 3 is 2.32 bits per heavy atom. The van der Waals surface area contributed by atoms with E-state index in [-0.39, 0.29) is 18.4 Å². The third kappa shape index (κ3) is 5.63. The van der Waals surface area contributed by atoms with Crippen molar-refractivity contribution in [1.29, 1.82) is 0 Å². The molecule has 4 rings (SSSR count). The van der Waals surface area contributed by atoms with E-state index in [1.54, 1.807) is 6.20 Å². The number of carbonyl (C=O) groups is 1. The monoisotopic (exact) mass is 422 g/mol. The summed E-state index contributed by atoms with van der Waals surface area (Å²) in [5.74, 6) is 1.34. The molecule has 2 fully saturated rings. The lowest BCUT2D eigenvalue weighted by Crippen LogP contribution is -2.50. The number of aliphatic hydroxyl groups is 1. The number of hydrogen-bond acceptors (Lipinski definition) is 5. The second-order valence-electron chi connectivity index (χ2n) is 8.74. The lowest BCUT2D eigenvalue weighted by Gasteiger charge is -2.37. The predicted octanol–water partition coefficient (Wildman–Crippen LogP) is 3.04. The van der Waals surface area contributed by atoms with Crippen LogP contribution >= 0.6 is 0 Å². The Hall–Kier alpha value is -2.44. The number of aromatic nitrogens is 1. The molecular formula is C25H34N4O2. The summed E-state index contributed by atoms with van der Waals surface area (Å²) in [7, 11) is 0. The van der Waals surface area contributed by atoms with E-state index in [1.807, 2.05) is 23.1 Å². The van der Waals surface area contributed by atoms with Gasteiger partial charge in [0.15, 0.2) is 0 Å². The number of amides is 1. The Labute approximate surface area is 185 Å².